The average Bonchev–Trinajstić information content (AvgIpc) is 3.31. The van der Waals surface area contributed by atoms with Gasteiger partial charge in [0.25, 0.3) is 0 Å². The second-order valence-electron chi connectivity index (χ2n) is 8.05. The summed E-state index contributed by atoms with van der Waals surface area (Å²) in [7, 11) is 2.83. The SMILES string of the molecule is C/C=C\CCCCC(=O)OC.CCC(/C=C/C(Cc1cc2ccccc2s1)ON)CCC=O.CON. The summed E-state index contributed by atoms with van der Waals surface area (Å²) in [6.45, 7) is 4.13. The number of aldehydes is 1. The Kier molecular flexibility index (Phi) is 21.6. The Labute approximate surface area is 220 Å². The smallest absolute Gasteiger partial charge is 0.305 e. The summed E-state index contributed by atoms with van der Waals surface area (Å²) in [5.41, 5.74) is 0. The molecule has 202 valence electrons. The number of nitrogens with two attached hydrogens (primary N) is 2. The highest BCUT2D eigenvalue weighted by Crippen LogP contribution is 2.26. The van der Waals surface area contributed by atoms with E-state index in [1.165, 1.54) is 29.2 Å². The molecule has 2 atom stereocenters. The standard InChI is InChI=1S/C18H23NO2S.C9H16O2.CH5NO/c1-2-14(6-5-11-20)9-10-16(21-19)13-17-12-15-7-3-4-8-18(15)22-17;1-3-4-5-6-7-8-9(10)11-2;1-3-2/h3-4,7-12,14,16H,2,5-6,13,19H2,1H3;3-4H,5-8H2,1-2H3;2H2,1H3/b10-9+;4-3-;. The van der Waals surface area contributed by atoms with E-state index in [2.05, 4.69) is 64.9 Å². The number of esters is 1. The number of rotatable bonds is 14. The van der Waals surface area contributed by atoms with Crippen LogP contribution in [0.1, 0.15) is 63.7 Å². The van der Waals surface area contributed by atoms with Crippen LogP contribution >= 0.6 is 11.3 Å². The van der Waals surface area contributed by atoms with Crippen LogP contribution in [-0.4, -0.2) is 32.6 Å². The maximum absolute atomic E-state index is 10.6. The molecule has 0 aliphatic heterocycles. The molecule has 4 N–H and O–H groups in total. The third-order valence-electron chi connectivity index (χ3n) is 5.30. The molecule has 0 radical (unpaired) electrons. The van der Waals surface area contributed by atoms with E-state index in [1.54, 1.807) is 11.3 Å². The molecule has 1 aromatic heterocycles. The highest BCUT2D eigenvalue weighted by atomic mass is 32.1. The van der Waals surface area contributed by atoms with Gasteiger partial charge in [-0.05, 0) is 62.5 Å². The van der Waals surface area contributed by atoms with Crippen LogP contribution in [0.15, 0.2) is 54.6 Å². The first-order valence-corrected chi connectivity index (χ1v) is 13.2. The van der Waals surface area contributed by atoms with Gasteiger partial charge in [0.05, 0.1) is 14.2 Å². The Morgan fingerprint density at radius 1 is 1.11 bits per heavy atom. The molecule has 2 aromatic rings. The Morgan fingerprint density at radius 3 is 2.42 bits per heavy atom. The molecule has 1 heterocycles. The zero-order valence-electron chi connectivity index (χ0n) is 22.2. The van der Waals surface area contributed by atoms with Gasteiger partial charge in [-0.3, -0.25) is 9.63 Å². The van der Waals surface area contributed by atoms with Crippen molar-refractivity contribution in [1.82, 2.24) is 0 Å². The minimum Gasteiger partial charge on any atom is -0.469 e. The van der Waals surface area contributed by atoms with Gasteiger partial charge in [0.1, 0.15) is 12.4 Å². The fourth-order valence-corrected chi connectivity index (χ4v) is 4.40. The van der Waals surface area contributed by atoms with E-state index in [9.17, 15) is 9.59 Å². The number of fused-ring (bicyclic) bond motifs is 1. The molecule has 8 heteroatoms. The van der Waals surface area contributed by atoms with Crippen molar-refractivity contribution >= 4 is 33.7 Å². The monoisotopic (exact) mass is 520 g/mol. The van der Waals surface area contributed by atoms with Crippen LogP contribution in [0.3, 0.4) is 0 Å². The van der Waals surface area contributed by atoms with E-state index in [0.29, 0.717) is 18.8 Å². The van der Waals surface area contributed by atoms with E-state index in [4.69, 9.17) is 10.7 Å². The van der Waals surface area contributed by atoms with Crippen LogP contribution in [0.25, 0.3) is 10.1 Å². The van der Waals surface area contributed by atoms with Crippen molar-refractivity contribution in [3.63, 3.8) is 0 Å². The van der Waals surface area contributed by atoms with Gasteiger partial charge in [-0.25, -0.2) is 11.8 Å². The molecule has 2 rings (SSSR count). The number of allylic oxidation sites excluding steroid dienone is 3. The average molecular weight is 521 g/mol. The van der Waals surface area contributed by atoms with E-state index in [-0.39, 0.29) is 12.1 Å². The summed E-state index contributed by atoms with van der Waals surface area (Å²) in [4.78, 5) is 31.2. The van der Waals surface area contributed by atoms with Crippen molar-refractivity contribution in [1.29, 1.82) is 0 Å². The zero-order chi connectivity index (χ0) is 27.0. The van der Waals surface area contributed by atoms with Crippen LogP contribution in [0, 0.1) is 5.92 Å². The fourth-order valence-electron chi connectivity index (χ4n) is 3.30. The zero-order valence-corrected chi connectivity index (χ0v) is 23.0. The van der Waals surface area contributed by atoms with Crippen molar-refractivity contribution in [3.8, 4) is 0 Å². The second kappa shape index (κ2) is 23.1. The van der Waals surface area contributed by atoms with Gasteiger partial charge in [0.15, 0.2) is 0 Å². The lowest BCUT2D eigenvalue weighted by Gasteiger charge is -2.11. The normalized spacial score (nSPS) is 12.5. The minimum absolute atomic E-state index is 0.106. The highest BCUT2D eigenvalue weighted by Gasteiger charge is 2.10. The molecular formula is C28H44N2O5S. The van der Waals surface area contributed by atoms with Gasteiger partial charge in [0.2, 0.25) is 0 Å². The summed E-state index contributed by atoms with van der Waals surface area (Å²) in [5.74, 6) is 10.1. The predicted molar refractivity (Wildman–Crippen MR) is 149 cm³/mol. The number of thiophene rings is 1. The lowest BCUT2D eigenvalue weighted by molar-refractivity contribution is -0.140. The molecule has 0 aliphatic carbocycles. The van der Waals surface area contributed by atoms with Crippen LogP contribution < -0.4 is 11.8 Å². The Hall–Kier alpha value is -2.36. The van der Waals surface area contributed by atoms with Gasteiger partial charge in [-0.2, -0.15) is 0 Å². The Balaban J connectivity index is 0.000000736. The molecule has 7 nitrogen and oxygen atoms in total. The number of hydrogen-bond donors (Lipinski definition) is 2. The van der Waals surface area contributed by atoms with Crippen molar-refractivity contribution in [2.75, 3.05) is 14.2 Å². The number of methoxy groups -OCH3 is 1. The largest absolute Gasteiger partial charge is 0.469 e. The van der Waals surface area contributed by atoms with Gasteiger partial charge in [-0.15, -0.1) is 11.3 Å². The van der Waals surface area contributed by atoms with Crippen molar-refractivity contribution in [2.45, 2.75) is 71.3 Å². The number of carbonyl (C=O) groups is 2. The maximum Gasteiger partial charge on any atom is 0.305 e. The summed E-state index contributed by atoms with van der Waals surface area (Å²) >= 11 is 1.78. The van der Waals surface area contributed by atoms with Crippen LogP contribution in [0.4, 0.5) is 0 Å². The molecule has 0 aliphatic rings. The lowest BCUT2D eigenvalue weighted by atomic mass is 9.99. The fraction of sp³-hybridized carbons (Fsp3) is 0.500. The van der Waals surface area contributed by atoms with E-state index in [1.807, 2.05) is 19.1 Å². The number of hydrogen-bond acceptors (Lipinski definition) is 8. The molecule has 36 heavy (non-hydrogen) atoms. The summed E-state index contributed by atoms with van der Waals surface area (Å²) in [5, 5.41) is 1.26. The molecule has 0 saturated carbocycles. The van der Waals surface area contributed by atoms with Gasteiger partial charge in [0, 0.05) is 28.8 Å². The molecule has 0 saturated heterocycles. The van der Waals surface area contributed by atoms with E-state index >= 15 is 0 Å². The Bertz CT molecular complexity index is 849. The molecule has 0 fully saturated rings. The number of benzene rings is 1. The molecular weight excluding hydrogens is 476 g/mol. The van der Waals surface area contributed by atoms with Crippen molar-refractivity contribution in [2.24, 2.45) is 17.7 Å². The second-order valence-corrected chi connectivity index (χ2v) is 9.22. The van der Waals surface area contributed by atoms with Gasteiger partial charge < -0.3 is 14.4 Å². The van der Waals surface area contributed by atoms with Gasteiger partial charge in [-0.1, -0.05) is 49.4 Å². The molecule has 0 bridgehead atoms. The van der Waals surface area contributed by atoms with E-state index < -0.39 is 0 Å². The molecule has 0 spiro atoms. The highest BCUT2D eigenvalue weighted by molar-refractivity contribution is 7.19. The van der Waals surface area contributed by atoms with E-state index in [0.717, 1.165) is 44.8 Å². The first-order valence-electron chi connectivity index (χ1n) is 12.3. The minimum atomic E-state index is -0.127. The quantitative estimate of drug-likeness (QED) is 0.102. The summed E-state index contributed by atoms with van der Waals surface area (Å²) in [6.07, 6.45) is 16.0. The molecule has 2 unspecified atom stereocenters. The van der Waals surface area contributed by atoms with Gasteiger partial charge >= 0.3 is 5.97 Å². The van der Waals surface area contributed by atoms with Crippen LogP contribution in [0.5, 0.6) is 0 Å². The first-order chi connectivity index (χ1) is 17.5. The molecule has 0 amide bonds. The number of carbonyl (C=O) groups excluding carboxylic acids is 2. The summed E-state index contributed by atoms with van der Waals surface area (Å²) < 4.78 is 5.79. The van der Waals surface area contributed by atoms with Crippen molar-refractivity contribution in [3.05, 3.63) is 59.5 Å². The molecule has 1 aromatic carbocycles. The maximum atomic E-state index is 10.6. The third kappa shape index (κ3) is 16.3. The summed E-state index contributed by atoms with van der Waals surface area (Å²) in [6, 6.07) is 10.6. The Morgan fingerprint density at radius 2 is 1.83 bits per heavy atom. The first kappa shape index (κ1) is 33.6. The number of ether oxygens (including phenoxy) is 1. The lowest BCUT2D eigenvalue weighted by Crippen LogP contribution is -2.17. The number of unbranched alkanes of at least 4 members (excludes halogenated alkanes) is 2. The van der Waals surface area contributed by atoms with Crippen molar-refractivity contribution < 1.29 is 24.0 Å². The topological polar surface area (TPSA) is 114 Å². The third-order valence-corrected chi connectivity index (χ3v) is 6.43. The van der Waals surface area contributed by atoms with Crippen LogP contribution in [-0.2, 0) is 30.4 Å². The van der Waals surface area contributed by atoms with Crippen LogP contribution in [0.2, 0.25) is 0 Å². The predicted octanol–water partition coefficient (Wildman–Crippen LogP) is 6.07.